The topological polar surface area (TPSA) is 80.6 Å². The fourth-order valence-electron chi connectivity index (χ4n) is 2.63. The Morgan fingerprint density at radius 2 is 1.93 bits per heavy atom. The second-order valence-corrected chi connectivity index (χ2v) is 6.97. The van der Waals surface area contributed by atoms with Gasteiger partial charge in [0.25, 0.3) is 5.91 Å². The van der Waals surface area contributed by atoms with Crippen LogP contribution in [0.15, 0.2) is 60.2 Å². The number of hydrogen-bond donors (Lipinski definition) is 2. The maximum atomic E-state index is 12.3. The molecule has 0 atom stereocenters. The molecule has 2 N–H and O–H groups in total. The van der Waals surface area contributed by atoms with E-state index in [9.17, 15) is 18.0 Å². The van der Waals surface area contributed by atoms with E-state index < -0.39 is 6.36 Å². The van der Waals surface area contributed by atoms with E-state index in [1.807, 2.05) is 35.0 Å². The number of nitrogens with zero attached hydrogens (tertiary/aromatic N) is 3. The van der Waals surface area contributed by atoms with Crippen molar-refractivity contribution in [3.63, 3.8) is 0 Å². The SMILES string of the molecule is O=C(NCc1cn2ccccc2n1)c1csc(Nc2ccc(OC(F)(F)F)cc2)n1. The van der Waals surface area contributed by atoms with E-state index in [1.54, 1.807) is 5.38 Å². The zero-order valence-corrected chi connectivity index (χ0v) is 16.0. The molecule has 3 aromatic heterocycles. The number of aromatic nitrogens is 3. The number of halogens is 3. The maximum absolute atomic E-state index is 12.3. The molecule has 7 nitrogen and oxygen atoms in total. The van der Waals surface area contributed by atoms with Gasteiger partial charge in [-0.15, -0.1) is 24.5 Å². The molecule has 154 valence electrons. The van der Waals surface area contributed by atoms with Crippen LogP contribution in [0.4, 0.5) is 24.0 Å². The molecule has 0 aliphatic carbocycles. The summed E-state index contributed by atoms with van der Waals surface area (Å²) in [4.78, 5) is 20.9. The highest BCUT2D eigenvalue weighted by molar-refractivity contribution is 7.14. The van der Waals surface area contributed by atoms with Gasteiger partial charge in [0.1, 0.15) is 17.1 Å². The first kappa shape index (κ1) is 19.7. The quantitative estimate of drug-likeness (QED) is 0.472. The predicted molar refractivity (Wildman–Crippen MR) is 105 cm³/mol. The number of nitrogens with one attached hydrogen (secondary N) is 2. The minimum absolute atomic E-state index is 0.225. The Bertz CT molecular complexity index is 1140. The largest absolute Gasteiger partial charge is 0.573 e. The standard InChI is InChI=1S/C19H14F3N5O2S/c20-19(21,22)29-14-6-4-12(5-7-14)25-18-26-15(11-30-18)17(28)23-9-13-10-27-8-2-1-3-16(27)24-13/h1-8,10-11H,9H2,(H,23,28)(H,25,26). The van der Waals surface area contributed by atoms with Crippen molar-refractivity contribution < 1.29 is 22.7 Å². The van der Waals surface area contributed by atoms with Gasteiger partial charge in [0.2, 0.25) is 0 Å². The molecular formula is C19H14F3N5O2S. The summed E-state index contributed by atoms with van der Waals surface area (Å²) in [5.74, 6) is -0.676. The first-order valence-electron chi connectivity index (χ1n) is 8.65. The number of rotatable bonds is 6. The van der Waals surface area contributed by atoms with E-state index in [0.29, 0.717) is 16.5 Å². The van der Waals surface area contributed by atoms with Gasteiger partial charge in [-0.1, -0.05) is 6.07 Å². The summed E-state index contributed by atoms with van der Waals surface area (Å²) in [6, 6.07) is 10.9. The third-order valence-electron chi connectivity index (χ3n) is 3.92. The van der Waals surface area contributed by atoms with Crippen molar-refractivity contribution >= 4 is 33.7 Å². The molecule has 0 saturated carbocycles. The van der Waals surface area contributed by atoms with Gasteiger partial charge in [0, 0.05) is 23.5 Å². The highest BCUT2D eigenvalue weighted by Crippen LogP contribution is 2.26. The third kappa shape index (κ3) is 4.87. The van der Waals surface area contributed by atoms with E-state index in [0.717, 1.165) is 5.65 Å². The van der Waals surface area contributed by atoms with Gasteiger partial charge in [-0.3, -0.25) is 4.79 Å². The van der Waals surface area contributed by atoms with Crippen LogP contribution in [-0.2, 0) is 6.54 Å². The lowest BCUT2D eigenvalue weighted by Crippen LogP contribution is -2.23. The van der Waals surface area contributed by atoms with Gasteiger partial charge in [-0.25, -0.2) is 9.97 Å². The Morgan fingerprint density at radius 3 is 2.67 bits per heavy atom. The number of amides is 1. The number of ether oxygens (including phenoxy) is 1. The monoisotopic (exact) mass is 433 g/mol. The highest BCUT2D eigenvalue weighted by Gasteiger charge is 2.30. The Labute approximate surface area is 172 Å². The van der Waals surface area contributed by atoms with Crippen LogP contribution in [0.5, 0.6) is 5.75 Å². The van der Waals surface area contributed by atoms with Gasteiger partial charge in [-0.2, -0.15) is 0 Å². The molecule has 0 aliphatic rings. The molecule has 4 aromatic rings. The Kier molecular flexibility index (Phi) is 5.27. The summed E-state index contributed by atoms with van der Waals surface area (Å²) >= 11 is 1.20. The minimum atomic E-state index is -4.74. The number of anilines is 2. The molecule has 0 aliphatic heterocycles. The molecular weight excluding hydrogens is 419 g/mol. The molecule has 30 heavy (non-hydrogen) atoms. The number of benzene rings is 1. The molecule has 0 radical (unpaired) electrons. The molecule has 11 heteroatoms. The van der Waals surface area contributed by atoms with Crippen molar-refractivity contribution in [1.29, 1.82) is 0 Å². The van der Waals surface area contributed by atoms with Crippen molar-refractivity contribution in [3.8, 4) is 5.75 Å². The van der Waals surface area contributed by atoms with Crippen LogP contribution < -0.4 is 15.4 Å². The summed E-state index contributed by atoms with van der Waals surface area (Å²) < 4.78 is 42.3. The van der Waals surface area contributed by atoms with E-state index >= 15 is 0 Å². The number of fused-ring (bicyclic) bond motifs is 1. The number of thiazole rings is 1. The van der Waals surface area contributed by atoms with Gasteiger partial charge >= 0.3 is 6.36 Å². The molecule has 1 aromatic carbocycles. The third-order valence-corrected chi connectivity index (χ3v) is 4.68. The molecule has 0 fully saturated rings. The summed E-state index contributed by atoms with van der Waals surface area (Å²) in [6.45, 7) is 0.251. The fraction of sp³-hybridized carbons (Fsp3) is 0.105. The lowest BCUT2D eigenvalue weighted by molar-refractivity contribution is -0.274. The van der Waals surface area contributed by atoms with E-state index in [2.05, 4.69) is 25.3 Å². The number of imidazole rings is 1. The summed E-state index contributed by atoms with van der Waals surface area (Å²) in [6.07, 6.45) is -1.04. The smallest absolute Gasteiger partial charge is 0.406 e. The summed E-state index contributed by atoms with van der Waals surface area (Å²) in [5.41, 5.74) is 2.23. The lowest BCUT2D eigenvalue weighted by Gasteiger charge is -2.09. The number of alkyl halides is 3. The van der Waals surface area contributed by atoms with Crippen LogP contribution in [0.1, 0.15) is 16.2 Å². The average molecular weight is 433 g/mol. The zero-order chi connectivity index (χ0) is 21.1. The van der Waals surface area contributed by atoms with Gasteiger partial charge < -0.3 is 19.8 Å². The van der Waals surface area contributed by atoms with Crippen LogP contribution >= 0.6 is 11.3 Å². The minimum Gasteiger partial charge on any atom is -0.406 e. The first-order chi connectivity index (χ1) is 14.4. The van der Waals surface area contributed by atoms with Crippen molar-refractivity contribution in [2.24, 2.45) is 0 Å². The molecule has 0 saturated heterocycles. The van der Waals surface area contributed by atoms with E-state index in [4.69, 9.17) is 0 Å². The van der Waals surface area contributed by atoms with Crippen LogP contribution in [-0.4, -0.2) is 26.6 Å². The van der Waals surface area contributed by atoms with Gasteiger partial charge in [0.15, 0.2) is 5.13 Å². The molecule has 3 heterocycles. The molecule has 0 spiro atoms. The second kappa shape index (κ2) is 8.03. The summed E-state index contributed by atoms with van der Waals surface area (Å²) in [7, 11) is 0. The Balaban J connectivity index is 1.34. The predicted octanol–water partition coefficient (Wildman–Crippen LogP) is 4.36. The zero-order valence-electron chi connectivity index (χ0n) is 15.2. The number of pyridine rings is 1. The van der Waals surface area contributed by atoms with Crippen molar-refractivity contribution in [2.75, 3.05) is 5.32 Å². The van der Waals surface area contributed by atoms with Crippen LogP contribution in [0.25, 0.3) is 5.65 Å². The molecule has 4 rings (SSSR count). The molecule has 0 bridgehead atoms. The normalized spacial score (nSPS) is 11.4. The van der Waals surface area contributed by atoms with Crippen molar-refractivity contribution in [1.82, 2.24) is 19.7 Å². The average Bonchev–Trinajstić information content (AvgIpc) is 3.33. The van der Waals surface area contributed by atoms with Gasteiger partial charge in [0.05, 0.1) is 12.2 Å². The van der Waals surface area contributed by atoms with Crippen LogP contribution in [0.2, 0.25) is 0 Å². The highest BCUT2D eigenvalue weighted by atomic mass is 32.1. The van der Waals surface area contributed by atoms with Gasteiger partial charge in [-0.05, 0) is 36.4 Å². The summed E-state index contributed by atoms with van der Waals surface area (Å²) in [5, 5.41) is 7.71. The number of carbonyl (C=O) groups is 1. The molecule has 1 amide bonds. The maximum Gasteiger partial charge on any atom is 0.573 e. The molecule has 0 unspecified atom stereocenters. The number of carbonyl (C=O) groups excluding carboxylic acids is 1. The van der Waals surface area contributed by atoms with Crippen molar-refractivity contribution in [2.45, 2.75) is 12.9 Å². The number of hydrogen-bond acceptors (Lipinski definition) is 6. The van der Waals surface area contributed by atoms with Crippen molar-refractivity contribution in [3.05, 3.63) is 71.6 Å². The van der Waals surface area contributed by atoms with E-state index in [1.165, 1.54) is 35.6 Å². The van der Waals surface area contributed by atoms with E-state index in [-0.39, 0.29) is 23.9 Å². The van der Waals surface area contributed by atoms with Crippen LogP contribution in [0.3, 0.4) is 0 Å². The first-order valence-corrected chi connectivity index (χ1v) is 9.53. The Hall–Kier alpha value is -3.60. The second-order valence-electron chi connectivity index (χ2n) is 6.12. The van der Waals surface area contributed by atoms with Crippen LogP contribution in [0, 0.1) is 0 Å². The Morgan fingerprint density at radius 1 is 1.13 bits per heavy atom. The fourth-order valence-corrected chi connectivity index (χ4v) is 3.34. The lowest BCUT2D eigenvalue weighted by atomic mass is 10.3.